The number of sulfonamides is 1. The number of aryl methyl sites for hydroxylation is 1. The second-order valence-electron chi connectivity index (χ2n) is 4.43. The molecule has 1 unspecified atom stereocenters. The number of thiazole rings is 1. The highest BCUT2D eigenvalue weighted by Gasteiger charge is 2.22. The second-order valence-corrected chi connectivity index (χ2v) is 7.37. The standard InChI is InChI=1S/C10H17N3O3S2/c1-7-9(17-10(14)13-7)18(15,16)12-6-8-4-2-3-5-11-8/h8,11-12H,2-6H2,1H3,(H,13,14). The van der Waals surface area contributed by atoms with E-state index in [0.717, 1.165) is 37.1 Å². The molecule has 2 heterocycles. The van der Waals surface area contributed by atoms with Crippen LogP contribution in [0.15, 0.2) is 9.00 Å². The van der Waals surface area contributed by atoms with Gasteiger partial charge < -0.3 is 10.3 Å². The molecule has 2 rings (SSSR count). The van der Waals surface area contributed by atoms with Crippen LogP contribution in [0.25, 0.3) is 0 Å². The molecule has 1 aromatic heterocycles. The van der Waals surface area contributed by atoms with E-state index in [-0.39, 0.29) is 15.1 Å². The highest BCUT2D eigenvalue weighted by molar-refractivity contribution is 7.91. The predicted octanol–water partition coefficient (Wildman–Crippen LogP) is 0.165. The molecule has 102 valence electrons. The molecule has 18 heavy (non-hydrogen) atoms. The summed E-state index contributed by atoms with van der Waals surface area (Å²) in [5, 5.41) is 3.27. The van der Waals surface area contributed by atoms with Gasteiger partial charge in [-0.1, -0.05) is 17.8 Å². The van der Waals surface area contributed by atoms with Gasteiger partial charge in [0.05, 0.1) is 0 Å². The van der Waals surface area contributed by atoms with Gasteiger partial charge in [-0.25, -0.2) is 13.1 Å². The zero-order valence-corrected chi connectivity index (χ0v) is 11.8. The SMILES string of the molecule is Cc1[nH]c(=O)sc1S(=O)(=O)NCC1CCCCN1. The van der Waals surface area contributed by atoms with Crippen molar-refractivity contribution in [1.29, 1.82) is 0 Å². The van der Waals surface area contributed by atoms with Crippen LogP contribution in [0.5, 0.6) is 0 Å². The lowest BCUT2D eigenvalue weighted by Gasteiger charge is -2.23. The van der Waals surface area contributed by atoms with Gasteiger partial charge in [0.2, 0.25) is 0 Å². The summed E-state index contributed by atoms with van der Waals surface area (Å²) >= 11 is 0.726. The van der Waals surface area contributed by atoms with Crippen LogP contribution in [0.1, 0.15) is 25.0 Å². The molecule has 1 atom stereocenters. The Morgan fingerprint density at radius 3 is 2.78 bits per heavy atom. The average Bonchev–Trinajstić information content (AvgIpc) is 2.68. The Bertz CT molecular complexity index is 555. The van der Waals surface area contributed by atoms with Gasteiger partial charge in [-0.2, -0.15) is 0 Å². The van der Waals surface area contributed by atoms with E-state index in [1.165, 1.54) is 0 Å². The lowest BCUT2D eigenvalue weighted by atomic mass is 10.1. The van der Waals surface area contributed by atoms with Crippen LogP contribution in [0.2, 0.25) is 0 Å². The molecule has 0 aliphatic carbocycles. The van der Waals surface area contributed by atoms with E-state index >= 15 is 0 Å². The van der Waals surface area contributed by atoms with Crippen LogP contribution in [0.4, 0.5) is 0 Å². The summed E-state index contributed by atoms with van der Waals surface area (Å²) in [7, 11) is -3.57. The number of nitrogens with one attached hydrogen (secondary N) is 3. The summed E-state index contributed by atoms with van der Waals surface area (Å²) in [6.45, 7) is 2.89. The zero-order chi connectivity index (χ0) is 13.2. The molecule has 0 aromatic carbocycles. The molecule has 1 fully saturated rings. The molecule has 0 spiro atoms. The van der Waals surface area contributed by atoms with Crippen molar-refractivity contribution in [2.75, 3.05) is 13.1 Å². The summed E-state index contributed by atoms with van der Waals surface area (Å²) in [6.07, 6.45) is 3.24. The van der Waals surface area contributed by atoms with E-state index in [4.69, 9.17) is 0 Å². The Balaban J connectivity index is 2.03. The number of aromatic nitrogens is 1. The maximum Gasteiger partial charge on any atom is 0.305 e. The van der Waals surface area contributed by atoms with Crippen LogP contribution in [-0.2, 0) is 10.0 Å². The van der Waals surface area contributed by atoms with Crippen molar-refractivity contribution in [3.63, 3.8) is 0 Å². The Kier molecular flexibility index (Phi) is 4.21. The second kappa shape index (κ2) is 5.52. The third kappa shape index (κ3) is 3.19. The first-order chi connectivity index (χ1) is 8.49. The van der Waals surface area contributed by atoms with Crippen molar-refractivity contribution in [3.05, 3.63) is 15.4 Å². The molecule has 0 saturated carbocycles. The predicted molar refractivity (Wildman–Crippen MR) is 70.5 cm³/mol. The number of rotatable bonds is 4. The molecule has 0 radical (unpaired) electrons. The maximum atomic E-state index is 12.0. The minimum Gasteiger partial charge on any atom is -0.315 e. The number of hydrogen-bond acceptors (Lipinski definition) is 5. The molecular formula is C10H17N3O3S2. The summed E-state index contributed by atoms with van der Waals surface area (Å²) in [4.78, 5) is 13.3. The fourth-order valence-corrected chi connectivity index (χ4v) is 4.45. The van der Waals surface area contributed by atoms with Gasteiger partial charge in [-0.3, -0.25) is 4.79 Å². The van der Waals surface area contributed by atoms with Crippen LogP contribution in [-0.4, -0.2) is 32.5 Å². The van der Waals surface area contributed by atoms with Crippen LogP contribution >= 0.6 is 11.3 Å². The van der Waals surface area contributed by atoms with E-state index in [1.54, 1.807) is 6.92 Å². The summed E-state index contributed by atoms with van der Waals surface area (Å²) < 4.78 is 26.7. The van der Waals surface area contributed by atoms with Gasteiger partial charge in [0.15, 0.2) is 4.21 Å². The fraction of sp³-hybridized carbons (Fsp3) is 0.700. The lowest BCUT2D eigenvalue weighted by Crippen LogP contribution is -2.43. The smallest absolute Gasteiger partial charge is 0.305 e. The highest BCUT2D eigenvalue weighted by atomic mass is 32.2. The van der Waals surface area contributed by atoms with Gasteiger partial charge in [0, 0.05) is 18.3 Å². The Morgan fingerprint density at radius 1 is 1.44 bits per heavy atom. The molecule has 0 amide bonds. The quantitative estimate of drug-likeness (QED) is 0.737. The zero-order valence-electron chi connectivity index (χ0n) is 10.2. The summed E-state index contributed by atoms with van der Waals surface area (Å²) in [5.41, 5.74) is 0.397. The van der Waals surface area contributed by atoms with Crippen LogP contribution in [0, 0.1) is 6.92 Å². The van der Waals surface area contributed by atoms with Gasteiger partial charge >= 0.3 is 4.87 Å². The molecule has 8 heteroatoms. The highest BCUT2D eigenvalue weighted by Crippen LogP contribution is 2.15. The molecule has 1 saturated heterocycles. The van der Waals surface area contributed by atoms with Crippen molar-refractivity contribution >= 4 is 21.4 Å². The fourth-order valence-electron chi connectivity index (χ4n) is 2.02. The Labute approximate surface area is 110 Å². The monoisotopic (exact) mass is 291 g/mol. The maximum absolute atomic E-state index is 12.0. The molecule has 1 aromatic rings. The van der Waals surface area contributed by atoms with Crippen molar-refractivity contribution in [2.45, 2.75) is 36.4 Å². The van der Waals surface area contributed by atoms with Crippen LogP contribution < -0.4 is 14.9 Å². The van der Waals surface area contributed by atoms with E-state index in [0.29, 0.717) is 12.2 Å². The average molecular weight is 291 g/mol. The first-order valence-corrected chi connectivity index (χ1v) is 8.22. The first-order valence-electron chi connectivity index (χ1n) is 5.92. The third-order valence-electron chi connectivity index (χ3n) is 2.96. The van der Waals surface area contributed by atoms with Crippen molar-refractivity contribution in [1.82, 2.24) is 15.0 Å². The van der Waals surface area contributed by atoms with Crippen molar-refractivity contribution in [2.24, 2.45) is 0 Å². The van der Waals surface area contributed by atoms with Gasteiger partial charge in [0.25, 0.3) is 10.0 Å². The summed E-state index contributed by atoms with van der Waals surface area (Å²) in [6, 6.07) is 0.185. The number of aromatic amines is 1. The van der Waals surface area contributed by atoms with Crippen molar-refractivity contribution in [3.8, 4) is 0 Å². The molecular weight excluding hydrogens is 274 g/mol. The number of piperidine rings is 1. The van der Waals surface area contributed by atoms with Crippen LogP contribution in [0.3, 0.4) is 0 Å². The van der Waals surface area contributed by atoms with E-state index in [2.05, 4.69) is 15.0 Å². The minimum atomic E-state index is -3.57. The third-order valence-corrected chi connectivity index (χ3v) is 5.99. The Morgan fingerprint density at radius 2 is 2.22 bits per heavy atom. The Hall–Kier alpha value is -0.700. The van der Waals surface area contributed by atoms with E-state index in [1.807, 2.05) is 0 Å². The molecule has 3 N–H and O–H groups in total. The topological polar surface area (TPSA) is 91.1 Å². The molecule has 1 aliphatic heterocycles. The largest absolute Gasteiger partial charge is 0.315 e. The van der Waals surface area contributed by atoms with Gasteiger partial charge in [0.1, 0.15) is 0 Å². The molecule has 1 aliphatic rings. The summed E-state index contributed by atoms with van der Waals surface area (Å²) in [5.74, 6) is 0. The van der Waals surface area contributed by atoms with E-state index in [9.17, 15) is 13.2 Å². The lowest BCUT2D eigenvalue weighted by molar-refractivity contribution is 0.398. The number of hydrogen-bond donors (Lipinski definition) is 3. The van der Waals surface area contributed by atoms with Crippen molar-refractivity contribution < 1.29 is 8.42 Å². The minimum absolute atomic E-state index is 0.0864. The molecule has 6 nitrogen and oxygen atoms in total. The van der Waals surface area contributed by atoms with Gasteiger partial charge in [-0.15, -0.1) is 0 Å². The van der Waals surface area contributed by atoms with E-state index < -0.39 is 10.0 Å². The normalized spacial score (nSPS) is 21.1. The molecule has 0 bridgehead atoms. The first kappa shape index (κ1) is 13.7. The van der Waals surface area contributed by atoms with Gasteiger partial charge in [-0.05, 0) is 26.3 Å². The number of H-pyrrole nitrogens is 1.